The lowest BCUT2D eigenvalue weighted by atomic mass is 9.98. The standard InChI is InChI=1S/C13H27N3O/c1-4-7-14-13(17)16-8-5-6-12(10-16)9-15-11(2)3/h11-12,15H,4-10H2,1-3H3,(H,14,17). The minimum absolute atomic E-state index is 0.112. The molecule has 1 aliphatic rings. The molecule has 0 spiro atoms. The Bertz CT molecular complexity index is 231. The van der Waals surface area contributed by atoms with Crippen molar-refractivity contribution in [1.82, 2.24) is 15.5 Å². The number of nitrogens with one attached hydrogen (secondary N) is 2. The van der Waals surface area contributed by atoms with E-state index in [1.165, 1.54) is 6.42 Å². The van der Waals surface area contributed by atoms with Gasteiger partial charge in [-0.25, -0.2) is 4.79 Å². The summed E-state index contributed by atoms with van der Waals surface area (Å²) in [5.41, 5.74) is 0. The fourth-order valence-electron chi connectivity index (χ4n) is 2.16. The van der Waals surface area contributed by atoms with Crippen LogP contribution < -0.4 is 10.6 Å². The molecule has 4 heteroatoms. The van der Waals surface area contributed by atoms with Gasteiger partial charge in [0.15, 0.2) is 0 Å². The van der Waals surface area contributed by atoms with E-state index in [0.29, 0.717) is 12.0 Å². The molecule has 1 saturated heterocycles. The number of likely N-dealkylation sites (tertiary alicyclic amines) is 1. The zero-order chi connectivity index (χ0) is 12.7. The van der Waals surface area contributed by atoms with E-state index in [0.717, 1.165) is 39.0 Å². The maximum absolute atomic E-state index is 11.8. The Morgan fingerprint density at radius 2 is 2.24 bits per heavy atom. The van der Waals surface area contributed by atoms with Crippen molar-refractivity contribution < 1.29 is 4.79 Å². The highest BCUT2D eigenvalue weighted by Crippen LogP contribution is 2.15. The smallest absolute Gasteiger partial charge is 0.317 e. The first-order chi connectivity index (χ1) is 8.13. The van der Waals surface area contributed by atoms with Crippen LogP contribution in [0, 0.1) is 5.92 Å². The lowest BCUT2D eigenvalue weighted by Gasteiger charge is -2.33. The van der Waals surface area contributed by atoms with Crippen LogP contribution in [0.5, 0.6) is 0 Å². The third-order valence-electron chi connectivity index (χ3n) is 3.15. The molecule has 1 fully saturated rings. The second-order valence-electron chi connectivity index (χ2n) is 5.25. The zero-order valence-corrected chi connectivity index (χ0v) is 11.5. The average molecular weight is 241 g/mol. The second kappa shape index (κ2) is 7.54. The van der Waals surface area contributed by atoms with E-state index in [9.17, 15) is 4.79 Å². The molecule has 0 bridgehead atoms. The van der Waals surface area contributed by atoms with Crippen molar-refractivity contribution in [2.75, 3.05) is 26.2 Å². The van der Waals surface area contributed by atoms with Crippen molar-refractivity contribution in [3.8, 4) is 0 Å². The van der Waals surface area contributed by atoms with Gasteiger partial charge in [0.1, 0.15) is 0 Å². The minimum atomic E-state index is 0.112. The normalized spacial score (nSPS) is 20.7. The summed E-state index contributed by atoms with van der Waals surface area (Å²) in [5.74, 6) is 0.610. The maximum atomic E-state index is 11.8. The number of hydrogen-bond donors (Lipinski definition) is 2. The van der Waals surface area contributed by atoms with Gasteiger partial charge in [0.05, 0.1) is 0 Å². The average Bonchev–Trinajstić information content (AvgIpc) is 2.33. The summed E-state index contributed by atoms with van der Waals surface area (Å²) in [7, 11) is 0. The third-order valence-corrected chi connectivity index (χ3v) is 3.15. The molecule has 2 amide bonds. The number of nitrogens with zero attached hydrogens (tertiary/aromatic N) is 1. The van der Waals surface area contributed by atoms with Gasteiger partial charge in [-0.2, -0.15) is 0 Å². The summed E-state index contributed by atoms with van der Waals surface area (Å²) in [6.07, 6.45) is 3.36. The molecule has 1 atom stereocenters. The Kier molecular flexibility index (Phi) is 6.34. The highest BCUT2D eigenvalue weighted by Gasteiger charge is 2.23. The van der Waals surface area contributed by atoms with Crippen molar-refractivity contribution in [2.24, 2.45) is 5.92 Å². The lowest BCUT2D eigenvalue weighted by Crippen LogP contribution is -2.47. The lowest BCUT2D eigenvalue weighted by molar-refractivity contribution is 0.164. The molecule has 1 unspecified atom stereocenters. The number of carbonyl (C=O) groups is 1. The number of carbonyl (C=O) groups excluding carboxylic acids is 1. The summed E-state index contributed by atoms with van der Waals surface area (Å²) < 4.78 is 0. The number of rotatable bonds is 5. The van der Waals surface area contributed by atoms with Crippen molar-refractivity contribution in [1.29, 1.82) is 0 Å². The van der Waals surface area contributed by atoms with E-state index in [-0.39, 0.29) is 6.03 Å². The van der Waals surface area contributed by atoms with E-state index >= 15 is 0 Å². The highest BCUT2D eigenvalue weighted by atomic mass is 16.2. The molecule has 1 rings (SSSR count). The molecule has 0 aromatic heterocycles. The van der Waals surface area contributed by atoms with Crippen LogP contribution in [0.1, 0.15) is 40.0 Å². The molecule has 0 aliphatic carbocycles. The first-order valence-corrected chi connectivity index (χ1v) is 6.89. The molecule has 100 valence electrons. The maximum Gasteiger partial charge on any atom is 0.317 e. The van der Waals surface area contributed by atoms with Gasteiger partial charge >= 0.3 is 6.03 Å². The van der Waals surface area contributed by atoms with Crippen molar-refractivity contribution in [3.63, 3.8) is 0 Å². The van der Waals surface area contributed by atoms with E-state index in [1.54, 1.807) is 0 Å². The Labute approximate surface area is 105 Å². The van der Waals surface area contributed by atoms with Crippen LogP contribution >= 0.6 is 0 Å². The van der Waals surface area contributed by atoms with Crippen LogP contribution in [0.25, 0.3) is 0 Å². The molecule has 0 saturated carbocycles. The van der Waals surface area contributed by atoms with Gasteiger partial charge in [0.25, 0.3) is 0 Å². The molecule has 17 heavy (non-hydrogen) atoms. The predicted octanol–water partition coefficient (Wildman–Crippen LogP) is 1.82. The zero-order valence-electron chi connectivity index (χ0n) is 11.5. The number of amides is 2. The van der Waals surface area contributed by atoms with E-state index in [4.69, 9.17) is 0 Å². The quantitative estimate of drug-likeness (QED) is 0.771. The van der Waals surface area contributed by atoms with Crippen molar-refractivity contribution in [2.45, 2.75) is 46.1 Å². The topological polar surface area (TPSA) is 44.4 Å². The third kappa shape index (κ3) is 5.39. The first kappa shape index (κ1) is 14.3. The van der Waals surface area contributed by atoms with Gasteiger partial charge < -0.3 is 15.5 Å². The van der Waals surface area contributed by atoms with Gasteiger partial charge in [0.2, 0.25) is 0 Å². The summed E-state index contributed by atoms with van der Waals surface area (Å²) in [4.78, 5) is 13.8. The van der Waals surface area contributed by atoms with Gasteiger partial charge in [-0.15, -0.1) is 0 Å². The first-order valence-electron chi connectivity index (χ1n) is 6.89. The highest BCUT2D eigenvalue weighted by molar-refractivity contribution is 5.74. The molecule has 2 N–H and O–H groups in total. The molecular formula is C13H27N3O. The van der Waals surface area contributed by atoms with Gasteiger partial charge in [-0.1, -0.05) is 20.8 Å². The van der Waals surface area contributed by atoms with Crippen LogP contribution in [0.4, 0.5) is 4.79 Å². The van der Waals surface area contributed by atoms with Gasteiger partial charge in [-0.05, 0) is 31.7 Å². The molecule has 0 aromatic carbocycles. The molecule has 1 heterocycles. The Morgan fingerprint density at radius 1 is 1.47 bits per heavy atom. The molecule has 1 aliphatic heterocycles. The number of piperidine rings is 1. The summed E-state index contributed by atoms with van der Waals surface area (Å²) in [5, 5.41) is 6.41. The van der Waals surface area contributed by atoms with Crippen LogP contribution in [-0.2, 0) is 0 Å². The number of hydrogen-bond acceptors (Lipinski definition) is 2. The van der Waals surface area contributed by atoms with E-state index in [1.807, 2.05) is 4.90 Å². The van der Waals surface area contributed by atoms with Crippen molar-refractivity contribution >= 4 is 6.03 Å². The molecule has 0 radical (unpaired) electrons. The summed E-state index contributed by atoms with van der Waals surface area (Å²) in [6.45, 7) is 10.0. The van der Waals surface area contributed by atoms with Gasteiger partial charge in [0, 0.05) is 25.7 Å². The minimum Gasteiger partial charge on any atom is -0.338 e. The van der Waals surface area contributed by atoms with Crippen LogP contribution in [0.15, 0.2) is 0 Å². The van der Waals surface area contributed by atoms with E-state index in [2.05, 4.69) is 31.4 Å². The van der Waals surface area contributed by atoms with Crippen LogP contribution in [-0.4, -0.2) is 43.2 Å². The number of urea groups is 1. The van der Waals surface area contributed by atoms with Crippen LogP contribution in [0.3, 0.4) is 0 Å². The van der Waals surface area contributed by atoms with Crippen molar-refractivity contribution in [3.05, 3.63) is 0 Å². The molecule has 4 nitrogen and oxygen atoms in total. The second-order valence-corrected chi connectivity index (χ2v) is 5.25. The van der Waals surface area contributed by atoms with Crippen LogP contribution in [0.2, 0.25) is 0 Å². The largest absolute Gasteiger partial charge is 0.338 e. The fourth-order valence-corrected chi connectivity index (χ4v) is 2.16. The monoisotopic (exact) mass is 241 g/mol. The Balaban J connectivity index is 2.30. The predicted molar refractivity (Wildman–Crippen MR) is 71.1 cm³/mol. The SMILES string of the molecule is CCCNC(=O)N1CCCC(CNC(C)C)C1. The fraction of sp³-hybridized carbons (Fsp3) is 0.923. The summed E-state index contributed by atoms with van der Waals surface area (Å²) >= 11 is 0. The molecular weight excluding hydrogens is 214 g/mol. The van der Waals surface area contributed by atoms with E-state index < -0.39 is 0 Å². The Morgan fingerprint density at radius 3 is 2.88 bits per heavy atom. The molecule has 0 aromatic rings. The summed E-state index contributed by atoms with van der Waals surface area (Å²) in [6, 6.07) is 0.639. The Hall–Kier alpha value is -0.770. The van der Waals surface area contributed by atoms with Gasteiger partial charge in [-0.3, -0.25) is 0 Å².